The number of carbonyl (C=O) groups is 1. The Hall–Kier alpha value is -0.250. The average molecular weight is 210 g/mol. The third kappa shape index (κ3) is 5.88. The van der Waals surface area contributed by atoms with Gasteiger partial charge in [-0.05, 0) is 12.8 Å². The molecule has 0 saturated heterocycles. The summed E-state index contributed by atoms with van der Waals surface area (Å²) >= 11 is 3.28. The molecule has 0 saturated carbocycles. The fourth-order valence-corrected chi connectivity index (χ4v) is 0.830. The molecular formula is C6H12BrNO2. The van der Waals surface area contributed by atoms with Crippen molar-refractivity contribution in [2.45, 2.75) is 12.8 Å². The van der Waals surface area contributed by atoms with E-state index < -0.39 is 0 Å². The van der Waals surface area contributed by atoms with Crippen molar-refractivity contribution in [2.75, 3.05) is 19.0 Å². The third-order valence-corrected chi connectivity index (χ3v) is 1.53. The molecule has 0 aromatic carbocycles. The van der Waals surface area contributed by atoms with Gasteiger partial charge in [0.25, 0.3) is 0 Å². The van der Waals surface area contributed by atoms with Gasteiger partial charge in [0.15, 0.2) is 0 Å². The third-order valence-electron chi connectivity index (χ3n) is 0.965. The van der Waals surface area contributed by atoms with E-state index in [0.29, 0.717) is 6.61 Å². The van der Waals surface area contributed by atoms with Crippen LogP contribution in [0.15, 0.2) is 0 Å². The van der Waals surface area contributed by atoms with Gasteiger partial charge in [0.2, 0.25) is 0 Å². The molecule has 0 aliphatic heterocycles. The molecule has 4 heteroatoms. The molecule has 0 unspecified atom stereocenters. The van der Waals surface area contributed by atoms with Crippen molar-refractivity contribution in [1.82, 2.24) is 5.32 Å². The van der Waals surface area contributed by atoms with Crippen LogP contribution in [0.25, 0.3) is 0 Å². The number of alkyl halides is 1. The van der Waals surface area contributed by atoms with E-state index in [4.69, 9.17) is 4.74 Å². The highest BCUT2D eigenvalue weighted by Crippen LogP contribution is 1.93. The largest absolute Gasteiger partial charge is 0.450 e. The van der Waals surface area contributed by atoms with Crippen LogP contribution in [-0.4, -0.2) is 25.1 Å². The summed E-state index contributed by atoms with van der Waals surface area (Å²) in [7, 11) is 1.55. The summed E-state index contributed by atoms with van der Waals surface area (Å²) in [5.74, 6) is 0. The van der Waals surface area contributed by atoms with Crippen LogP contribution >= 0.6 is 15.9 Å². The Kier molecular flexibility index (Phi) is 6.69. The summed E-state index contributed by atoms with van der Waals surface area (Å²) in [5, 5.41) is 3.33. The number of carbonyl (C=O) groups excluding carboxylic acids is 1. The van der Waals surface area contributed by atoms with Gasteiger partial charge in [0.1, 0.15) is 0 Å². The fourth-order valence-electron chi connectivity index (χ4n) is 0.434. The summed E-state index contributed by atoms with van der Waals surface area (Å²) < 4.78 is 4.72. The summed E-state index contributed by atoms with van der Waals surface area (Å²) in [6.45, 7) is 0.505. The molecule has 0 spiro atoms. The lowest BCUT2D eigenvalue weighted by molar-refractivity contribution is 0.147. The van der Waals surface area contributed by atoms with E-state index in [2.05, 4.69) is 21.2 Å². The van der Waals surface area contributed by atoms with Gasteiger partial charge in [-0.1, -0.05) is 15.9 Å². The number of hydrogen-bond donors (Lipinski definition) is 1. The summed E-state index contributed by atoms with van der Waals surface area (Å²) in [6, 6.07) is 0. The first-order valence-electron chi connectivity index (χ1n) is 3.21. The molecule has 0 aliphatic carbocycles. The van der Waals surface area contributed by atoms with Gasteiger partial charge in [-0.3, -0.25) is 0 Å². The van der Waals surface area contributed by atoms with Crippen molar-refractivity contribution in [3.63, 3.8) is 0 Å². The number of halogens is 1. The van der Waals surface area contributed by atoms with Crippen molar-refractivity contribution in [3.05, 3.63) is 0 Å². The van der Waals surface area contributed by atoms with Crippen LogP contribution in [0.2, 0.25) is 0 Å². The van der Waals surface area contributed by atoms with Crippen molar-refractivity contribution < 1.29 is 9.53 Å². The minimum atomic E-state index is -0.352. The van der Waals surface area contributed by atoms with Crippen LogP contribution in [0.1, 0.15) is 12.8 Å². The fraction of sp³-hybridized carbons (Fsp3) is 0.833. The summed E-state index contributed by atoms with van der Waals surface area (Å²) in [5.41, 5.74) is 0. The normalized spacial score (nSPS) is 9.00. The predicted molar refractivity (Wildman–Crippen MR) is 43.4 cm³/mol. The molecule has 0 aromatic heterocycles. The number of rotatable bonds is 4. The van der Waals surface area contributed by atoms with Crippen molar-refractivity contribution >= 4 is 22.0 Å². The van der Waals surface area contributed by atoms with Crippen molar-refractivity contribution in [2.24, 2.45) is 0 Å². The van der Waals surface area contributed by atoms with E-state index in [1.54, 1.807) is 7.05 Å². The first-order chi connectivity index (χ1) is 4.81. The molecule has 0 heterocycles. The minimum absolute atomic E-state index is 0.352. The molecule has 0 bridgehead atoms. The molecule has 1 N–H and O–H groups in total. The first kappa shape index (κ1) is 9.75. The van der Waals surface area contributed by atoms with Gasteiger partial charge in [-0.15, -0.1) is 0 Å². The van der Waals surface area contributed by atoms with Gasteiger partial charge in [-0.2, -0.15) is 0 Å². The van der Waals surface area contributed by atoms with Crippen LogP contribution in [-0.2, 0) is 4.74 Å². The van der Waals surface area contributed by atoms with E-state index in [9.17, 15) is 4.79 Å². The number of alkyl carbamates (subject to hydrolysis) is 1. The zero-order valence-electron chi connectivity index (χ0n) is 6.02. The van der Waals surface area contributed by atoms with Gasteiger partial charge < -0.3 is 10.1 Å². The summed E-state index contributed by atoms with van der Waals surface area (Å²) in [6.07, 6.45) is 1.60. The maximum atomic E-state index is 10.4. The zero-order chi connectivity index (χ0) is 7.82. The van der Waals surface area contributed by atoms with E-state index in [-0.39, 0.29) is 6.09 Å². The van der Waals surface area contributed by atoms with Gasteiger partial charge in [0, 0.05) is 12.4 Å². The van der Waals surface area contributed by atoms with Crippen molar-refractivity contribution in [1.29, 1.82) is 0 Å². The molecule has 0 radical (unpaired) electrons. The minimum Gasteiger partial charge on any atom is -0.450 e. The molecule has 1 amide bonds. The summed E-state index contributed by atoms with van der Waals surface area (Å²) in [4.78, 5) is 10.4. The highest BCUT2D eigenvalue weighted by molar-refractivity contribution is 9.09. The lowest BCUT2D eigenvalue weighted by Gasteiger charge is -2.01. The van der Waals surface area contributed by atoms with E-state index >= 15 is 0 Å². The van der Waals surface area contributed by atoms with Crippen molar-refractivity contribution in [3.8, 4) is 0 Å². The lowest BCUT2D eigenvalue weighted by atomic mass is 10.4. The molecule has 0 aliphatic rings. The standard InChI is InChI=1S/C6H12BrNO2/c1-8-6(9)10-5-3-2-4-7/h2-5H2,1H3,(H,8,9). The van der Waals surface area contributed by atoms with Gasteiger partial charge in [-0.25, -0.2) is 4.79 Å². The molecule has 0 aromatic rings. The number of amides is 1. The number of nitrogens with one attached hydrogen (secondary N) is 1. The van der Waals surface area contributed by atoms with Gasteiger partial charge in [0.05, 0.1) is 6.61 Å². The Morgan fingerprint density at radius 1 is 1.60 bits per heavy atom. The smallest absolute Gasteiger partial charge is 0.406 e. The zero-order valence-corrected chi connectivity index (χ0v) is 7.61. The Labute approximate surface area is 69.3 Å². The number of hydrogen-bond acceptors (Lipinski definition) is 2. The first-order valence-corrected chi connectivity index (χ1v) is 4.34. The quantitative estimate of drug-likeness (QED) is 0.564. The molecule has 0 rings (SSSR count). The average Bonchev–Trinajstić information content (AvgIpc) is 1.98. The Morgan fingerprint density at radius 3 is 2.80 bits per heavy atom. The monoisotopic (exact) mass is 209 g/mol. The second kappa shape index (κ2) is 6.86. The maximum absolute atomic E-state index is 10.4. The molecule has 3 nitrogen and oxygen atoms in total. The molecule has 0 atom stereocenters. The molecule has 60 valence electrons. The second-order valence-electron chi connectivity index (χ2n) is 1.78. The number of unbranched alkanes of at least 4 members (excludes halogenated alkanes) is 1. The van der Waals surface area contributed by atoms with Crippen LogP contribution < -0.4 is 5.32 Å². The molecule has 10 heavy (non-hydrogen) atoms. The van der Waals surface area contributed by atoms with Gasteiger partial charge >= 0.3 is 6.09 Å². The Bertz CT molecular complexity index is 97.7. The molecular weight excluding hydrogens is 198 g/mol. The highest BCUT2D eigenvalue weighted by atomic mass is 79.9. The Balaban J connectivity index is 2.96. The van der Waals surface area contributed by atoms with E-state index in [0.717, 1.165) is 18.2 Å². The van der Waals surface area contributed by atoms with Crippen LogP contribution in [0.4, 0.5) is 4.79 Å². The van der Waals surface area contributed by atoms with E-state index in [1.807, 2.05) is 0 Å². The lowest BCUT2D eigenvalue weighted by Crippen LogP contribution is -2.19. The van der Waals surface area contributed by atoms with Crippen LogP contribution in [0.5, 0.6) is 0 Å². The van der Waals surface area contributed by atoms with E-state index in [1.165, 1.54) is 0 Å². The second-order valence-corrected chi connectivity index (χ2v) is 2.58. The van der Waals surface area contributed by atoms with Crippen LogP contribution in [0.3, 0.4) is 0 Å². The topological polar surface area (TPSA) is 38.3 Å². The number of ether oxygens (including phenoxy) is 1. The highest BCUT2D eigenvalue weighted by Gasteiger charge is 1.94. The Morgan fingerprint density at radius 2 is 2.30 bits per heavy atom. The van der Waals surface area contributed by atoms with Crippen LogP contribution in [0, 0.1) is 0 Å². The predicted octanol–water partition coefficient (Wildman–Crippen LogP) is 1.52. The maximum Gasteiger partial charge on any atom is 0.406 e. The SMILES string of the molecule is CNC(=O)OCCCCBr. The molecule has 0 fully saturated rings.